The van der Waals surface area contributed by atoms with Gasteiger partial charge < -0.3 is 10.1 Å². The number of benzene rings is 3. The van der Waals surface area contributed by atoms with E-state index in [9.17, 15) is 14.0 Å². The molecule has 0 atom stereocenters. The summed E-state index contributed by atoms with van der Waals surface area (Å²) in [5.74, 6) is -1.37. The normalized spacial score (nSPS) is 13.7. The lowest BCUT2D eigenvalue weighted by Crippen LogP contribution is -2.32. The van der Waals surface area contributed by atoms with Crippen molar-refractivity contribution in [3.8, 4) is 5.75 Å². The second-order valence-electron chi connectivity index (χ2n) is 6.65. The monoisotopic (exact) mass is 456 g/mol. The zero-order valence-corrected chi connectivity index (χ0v) is 17.7. The number of halogens is 3. The number of methoxy groups -OCH3 is 1. The van der Waals surface area contributed by atoms with Crippen molar-refractivity contribution in [1.82, 2.24) is 0 Å². The minimum absolute atomic E-state index is 0.0113. The third-order valence-electron chi connectivity index (χ3n) is 4.70. The van der Waals surface area contributed by atoms with Crippen LogP contribution in [0.2, 0.25) is 10.0 Å². The van der Waals surface area contributed by atoms with Crippen LogP contribution in [0.5, 0.6) is 5.75 Å². The third-order valence-corrected chi connectivity index (χ3v) is 5.19. The smallest absolute Gasteiger partial charge is 0.282 e. The zero-order chi connectivity index (χ0) is 22.1. The van der Waals surface area contributed by atoms with Crippen molar-refractivity contribution in [3.05, 3.63) is 93.9 Å². The molecule has 1 aliphatic heterocycles. The SMILES string of the molecule is COc1ccc(Cl)cc1NC1=C(c2ccc(Cl)cc2)C(=O)N(c2cccc(F)c2)C1=O. The molecule has 0 saturated heterocycles. The first-order valence-electron chi connectivity index (χ1n) is 9.14. The topological polar surface area (TPSA) is 58.6 Å². The van der Waals surface area contributed by atoms with Crippen molar-refractivity contribution in [1.29, 1.82) is 0 Å². The molecule has 3 aromatic carbocycles. The molecule has 31 heavy (non-hydrogen) atoms. The number of carbonyl (C=O) groups is 2. The standard InChI is InChI=1S/C23H15Cl2FN2O3/c1-31-19-10-9-15(25)11-18(19)27-21-20(13-5-7-14(24)8-6-13)22(29)28(23(21)30)17-4-2-3-16(26)12-17/h2-12,27H,1H3. The Labute approximate surface area is 187 Å². The van der Waals surface area contributed by atoms with Crippen molar-refractivity contribution < 1.29 is 18.7 Å². The maximum absolute atomic E-state index is 13.8. The summed E-state index contributed by atoms with van der Waals surface area (Å²) in [6.07, 6.45) is 0. The minimum Gasteiger partial charge on any atom is -0.495 e. The summed E-state index contributed by atoms with van der Waals surface area (Å²) >= 11 is 12.1. The molecule has 5 nitrogen and oxygen atoms in total. The first-order valence-corrected chi connectivity index (χ1v) is 9.90. The van der Waals surface area contributed by atoms with Gasteiger partial charge in [-0.1, -0.05) is 41.4 Å². The number of anilines is 2. The molecule has 0 unspecified atom stereocenters. The van der Waals surface area contributed by atoms with Gasteiger partial charge in [0, 0.05) is 10.0 Å². The Hall–Kier alpha value is -3.35. The average molecular weight is 457 g/mol. The molecule has 0 spiro atoms. The number of ether oxygens (including phenoxy) is 1. The number of carbonyl (C=O) groups excluding carboxylic acids is 2. The van der Waals surface area contributed by atoms with E-state index in [1.165, 1.54) is 25.3 Å². The van der Waals surface area contributed by atoms with Crippen LogP contribution in [-0.2, 0) is 9.59 Å². The predicted molar refractivity (Wildman–Crippen MR) is 119 cm³/mol. The Balaban J connectivity index is 1.86. The van der Waals surface area contributed by atoms with Crippen LogP contribution in [0.1, 0.15) is 5.56 Å². The highest BCUT2D eigenvalue weighted by atomic mass is 35.5. The summed E-state index contributed by atoms with van der Waals surface area (Å²) in [5, 5.41) is 3.88. The van der Waals surface area contributed by atoms with E-state index >= 15 is 0 Å². The number of nitrogens with one attached hydrogen (secondary N) is 1. The van der Waals surface area contributed by atoms with E-state index < -0.39 is 17.6 Å². The van der Waals surface area contributed by atoms with Gasteiger partial charge in [0.1, 0.15) is 17.3 Å². The fraction of sp³-hybridized carbons (Fsp3) is 0.0435. The quantitative estimate of drug-likeness (QED) is 0.512. The van der Waals surface area contributed by atoms with Gasteiger partial charge in [-0.2, -0.15) is 0 Å². The van der Waals surface area contributed by atoms with Crippen molar-refractivity contribution in [3.63, 3.8) is 0 Å². The van der Waals surface area contributed by atoms with Gasteiger partial charge in [0.15, 0.2) is 0 Å². The van der Waals surface area contributed by atoms with Gasteiger partial charge in [0.05, 0.1) is 24.1 Å². The molecule has 156 valence electrons. The summed E-state index contributed by atoms with van der Waals surface area (Å²) in [6, 6.07) is 16.6. The first-order chi connectivity index (χ1) is 14.9. The second-order valence-corrected chi connectivity index (χ2v) is 7.52. The van der Waals surface area contributed by atoms with E-state index in [1.807, 2.05) is 0 Å². The Morgan fingerprint density at radius 2 is 1.61 bits per heavy atom. The molecule has 8 heteroatoms. The fourth-order valence-electron chi connectivity index (χ4n) is 3.29. The molecule has 0 saturated carbocycles. The summed E-state index contributed by atoms with van der Waals surface area (Å²) in [6.45, 7) is 0. The van der Waals surface area contributed by atoms with E-state index in [0.717, 1.165) is 11.0 Å². The van der Waals surface area contributed by atoms with Crippen LogP contribution in [0.15, 0.2) is 72.4 Å². The largest absolute Gasteiger partial charge is 0.495 e. The molecule has 0 fully saturated rings. The van der Waals surface area contributed by atoms with E-state index in [2.05, 4.69) is 5.32 Å². The predicted octanol–water partition coefficient (Wildman–Crippen LogP) is 5.54. The van der Waals surface area contributed by atoms with E-state index in [4.69, 9.17) is 27.9 Å². The Bertz CT molecular complexity index is 1230. The van der Waals surface area contributed by atoms with Crippen molar-refractivity contribution >= 4 is 52.0 Å². The maximum atomic E-state index is 13.8. The molecule has 0 aliphatic carbocycles. The summed E-state index contributed by atoms with van der Waals surface area (Å²) in [7, 11) is 1.48. The van der Waals surface area contributed by atoms with Crippen LogP contribution in [0.25, 0.3) is 5.57 Å². The second kappa shape index (κ2) is 8.41. The lowest BCUT2D eigenvalue weighted by Gasteiger charge is -2.16. The molecule has 4 rings (SSSR count). The van der Waals surface area contributed by atoms with Gasteiger partial charge >= 0.3 is 0 Å². The van der Waals surface area contributed by atoms with Crippen LogP contribution in [0.4, 0.5) is 15.8 Å². The molecule has 1 N–H and O–H groups in total. The number of imide groups is 1. The lowest BCUT2D eigenvalue weighted by molar-refractivity contribution is -0.120. The third kappa shape index (κ3) is 4.00. The van der Waals surface area contributed by atoms with Crippen LogP contribution in [-0.4, -0.2) is 18.9 Å². The van der Waals surface area contributed by atoms with E-state index in [1.54, 1.807) is 42.5 Å². The highest BCUT2D eigenvalue weighted by Gasteiger charge is 2.40. The Morgan fingerprint density at radius 1 is 0.903 bits per heavy atom. The van der Waals surface area contributed by atoms with Crippen LogP contribution in [0.3, 0.4) is 0 Å². The van der Waals surface area contributed by atoms with E-state index in [0.29, 0.717) is 27.0 Å². The highest BCUT2D eigenvalue weighted by molar-refractivity contribution is 6.46. The van der Waals surface area contributed by atoms with Gasteiger partial charge in [-0.05, 0) is 54.1 Å². The fourth-order valence-corrected chi connectivity index (χ4v) is 3.59. The Morgan fingerprint density at radius 3 is 2.29 bits per heavy atom. The lowest BCUT2D eigenvalue weighted by atomic mass is 10.0. The van der Waals surface area contributed by atoms with Crippen molar-refractivity contribution in [2.75, 3.05) is 17.3 Å². The number of hydrogen-bond acceptors (Lipinski definition) is 4. The first kappa shape index (κ1) is 20.9. The molecule has 0 aromatic heterocycles. The zero-order valence-electron chi connectivity index (χ0n) is 16.2. The van der Waals surface area contributed by atoms with Crippen LogP contribution < -0.4 is 15.0 Å². The molecule has 0 bridgehead atoms. The molecule has 0 radical (unpaired) electrons. The molecule has 1 aliphatic rings. The van der Waals surface area contributed by atoms with Gasteiger partial charge in [-0.15, -0.1) is 0 Å². The van der Waals surface area contributed by atoms with Gasteiger partial charge in [0.25, 0.3) is 11.8 Å². The van der Waals surface area contributed by atoms with Crippen molar-refractivity contribution in [2.24, 2.45) is 0 Å². The summed E-state index contributed by atoms with van der Waals surface area (Å²) in [5.41, 5.74) is 1.13. The van der Waals surface area contributed by atoms with Gasteiger partial charge in [0.2, 0.25) is 0 Å². The molecule has 2 amide bonds. The molecular formula is C23H15Cl2FN2O3. The molecule has 1 heterocycles. The summed E-state index contributed by atoms with van der Waals surface area (Å²) < 4.78 is 19.1. The molecule has 3 aromatic rings. The summed E-state index contributed by atoms with van der Waals surface area (Å²) in [4.78, 5) is 27.6. The van der Waals surface area contributed by atoms with Gasteiger partial charge in [-0.25, -0.2) is 9.29 Å². The van der Waals surface area contributed by atoms with Crippen LogP contribution >= 0.6 is 23.2 Å². The van der Waals surface area contributed by atoms with E-state index in [-0.39, 0.29) is 17.0 Å². The minimum atomic E-state index is -0.637. The average Bonchev–Trinajstić information content (AvgIpc) is 2.98. The van der Waals surface area contributed by atoms with Crippen molar-refractivity contribution in [2.45, 2.75) is 0 Å². The number of hydrogen-bond donors (Lipinski definition) is 1. The Kier molecular flexibility index (Phi) is 5.67. The van der Waals surface area contributed by atoms with Gasteiger partial charge in [-0.3, -0.25) is 9.59 Å². The molecular weight excluding hydrogens is 442 g/mol. The van der Waals surface area contributed by atoms with Crippen LogP contribution in [0, 0.1) is 5.82 Å². The maximum Gasteiger partial charge on any atom is 0.282 e. The number of rotatable bonds is 5. The number of amides is 2. The number of nitrogens with zero attached hydrogens (tertiary/aromatic N) is 1. The highest BCUT2D eigenvalue weighted by Crippen LogP contribution is 2.36.